The van der Waals surface area contributed by atoms with E-state index in [1.807, 2.05) is 0 Å². The number of nitrogens with one attached hydrogen (secondary N) is 2. The summed E-state index contributed by atoms with van der Waals surface area (Å²) in [5.41, 5.74) is 3.49. The highest BCUT2D eigenvalue weighted by Gasteiger charge is 2.13. The highest BCUT2D eigenvalue weighted by atomic mass is 32.1. The van der Waals surface area contributed by atoms with Gasteiger partial charge in [-0.25, -0.2) is 0 Å². The molecule has 0 amide bonds. The summed E-state index contributed by atoms with van der Waals surface area (Å²) in [6.07, 6.45) is 1.51. The van der Waals surface area contributed by atoms with Gasteiger partial charge < -0.3 is 14.8 Å². The van der Waals surface area contributed by atoms with Gasteiger partial charge in [0.1, 0.15) is 5.69 Å². The van der Waals surface area contributed by atoms with E-state index in [9.17, 15) is 10.1 Å². The van der Waals surface area contributed by atoms with Crippen LogP contribution >= 0.6 is 12.2 Å². The van der Waals surface area contributed by atoms with Crippen LogP contribution in [0.25, 0.3) is 0 Å². The first-order valence-electron chi connectivity index (χ1n) is 7.11. The van der Waals surface area contributed by atoms with Gasteiger partial charge in [-0.2, -0.15) is 5.10 Å². The molecule has 0 saturated heterocycles. The quantitative estimate of drug-likeness (QED) is 0.354. The zero-order valence-corrected chi connectivity index (χ0v) is 14.4. The lowest BCUT2D eigenvalue weighted by Crippen LogP contribution is -2.24. The third kappa shape index (κ3) is 4.64. The molecular formula is C16H16N4O4S. The summed E-state index contributed by atoms with van der Waals surface area (Å²) < 4.78 is 10.5. The summed E-state index contributed by atoms with van der Waals surface area (Å²) in [4.78, 5) is 10.5. The number of hydrogen-bond donors (Lipinski definition) is 2. The van der Waals surface area contributed by atoms with Crippen LogP contribution in [0.15, 0.2) is 47.6 Å². The minimum absolute atomic E-state index is 0.0786. The van der Waals surface area contributed by atoms with E-state index in [4.69, 9.17) is 21.7 Å². The molecule has 0 bridgehead atoms. The lowest BCUT2D eigenvalue weighted by atomic mass is 10.2. The Hall–Kier alpha value is -3.20. The molecule has 0 aliphatic heterocycles. The average Bonchev–Trinajstić information content (AvgIpc) is 2.61. The maximum Gasteiger partial charge on any atom is 0.292 e. The first-order valence-corrected chi connectivity index (χ1v) is 7.52. The van der Waals surface area contributed by atoms with Crippen LogP contribution in [0, 0.1) is 10.1 Å². The highest BCUT2D eigenvalue weighted by molar-refractivity contribution is 7.80. The molecule has 0 aliphatic rings. The SMILES string of the molecule is COc1cccc(/C=N\NC(=S)Nc2ccccc2[N+](=O)[O-])c1OC. The second-order valence-corrected chi connectivity index (χ2v) is 5.09. The van der Waals surface area contributed by atoms with Crippen LogP contribution in [-0.2, 0) is 0 Å². The number of anilines is 1. The van der Waals surface area contributed by atoms with E-state index in [-0.39, 0.29) is 16.5 Å². The van der Waals surface area contributed by atoms with Gasteiger partial charge in [-0.15, -0.1) is 0 Å². The molecule has 0 spiro atoms. The van der Waals surface area contributed by atoms with Crippen LogP contribution in [0.2, 0.25) is 0 Å². The summed E-state index contributed by atoms with van der Waals surface area (Å²) in [6, 6.07) is 11.5. The van der Waals surface area contributed by atoms with E-state index >= 15 is 0 Å². The highest BCUT2D eigenvalue weighted by Crippen LogP contribution is 2.29. The Balaban J connectivity index is 2.06. The number of thiocarbonyl (C=S) groups is 1. The summed E-state index contributed by atoms with van der Waals surface area (Å²) >= 11 is 5.09. The van der Waals surface area contributed by atoms with Crippen molar-refractivity contribution in [1.82, 2.24) is 5.43 Å². The molecule has 2 rings (SSSR count). The van der Waals surface area contributed by atoms with E-state index in [1.165, 1.54) is 19.4 Å². The number of methoxy groups -OCH3 is 2. The molecule has 0 fully saturated rings. The Bertz CT molecular complexity index is 810. The van der Waals surface area contributed by atoms with Crippen LogP contribution in [-0.4, -0.2) is 30.5 Å². The van der Waals surface area contributed by atoms with Gasteiger partial charge in [0.05, 0.1) is 25.4 Å². The fraction of sp³-hybridized carbons (Fsp3) is 0.125. The van der Waals surface area contributed by atoms with Crippen LogP contribution in [0.5, 0.6) is 11.5 Å². The van der Waals surface area contributed by atoms with Crippen molar-refractivity contribution in [3.05, 3.63) is 58.1 Å². The molecule has 2 N–H and O–H groups in total. The Morgan fingerprint density at radius 1 is 1.20 bits per heavy atom. The Morgan fingerprint density at radius 3 is 2.64 bits per heavy atom. The van der Waals surface area contributed by atoms with Crippen LogP contribution in [0.4, 0.5) is 11.4 Å². The van der Waals surface area contributed by atoms with Crippen molar-refractivity contribution in [3.8, 4) is 11.5 Å². The van der Waals surface area contributed by atoms with Crippen molar-refractivity contribution in [3.63, 3.8) is 0 Å². The Kier molecular flexibility index (Phi) is 6.24. The summed E-state index contributed by atoms with van der Waals surface area (Å²) in [5, 5.41) is 17.8. The molecule has 8 nitrogen and oxygen atoms in total. The Morgan fingerprint density at radius 2 is 1.96 bits per heavy atom. The molecule has 9 heteroatoms. The van der Waals surface area contributed by atoms with E-state index in [0.29, 0.717) is 17.1 Å². The van der Waals surface area contributed by atoms with Gasteiger partial charge in [0.25, 0.3) is 5.69 Å². The second-order valence-electron chi connectivity index (χ2n) is 4.68. The molecule has 0 unspecified atom stereocenters. The maximum absolute atomic E-state index is 11.0. The smallest absolute Gasteiger partial charge is 0.292 e. The lowest BCUT2D eigenvalue weighted by Gasteiger charge is -2.10. The first kappa shape index (κ1) is 18.1. The van der Waals surface area contributed by atoms with Gasteiger partial charge in [0.2, 0.25) is 0 Å². The summed E-state index contributed by atoms with van der Waals surface area (Å²) in [6.45, 7) is 0. The first-order chi connectivity index (χ1) is 12.1. The van der Waals surface area contributed by atoms with Crippen molar-refractivity contribution in [1.29, 1.82) is 0 Å². The van der Waals surface area contributed by atoms with E-state index in [2.05, 4.69) is 15.8 Å². The average molecular weight is 360 g/mol. The molecule has 2 aromatic carbocycles. The molecule has 0 radical (unpaired) electrons. The number of hydrazone groups is 1. The Labute approximate surface area is 149 Å². The van der Waals surface area contributed by atoms with Gasteiger partial charge in [0.15, 0.2) is 16.6 Å². The third-order valence-corrected chi connectivity index (χ3v) is 3.35. The molecule has 0 aromatic heterocycles. The van der Waals surface area contributed by atoms with E-state index in [0.717, 1.165) is 0 Å². The molecular weight excluding hydrogens is 344 g/mol. The number of para-hydroxylation sites is 3. The molecule has 0 atom stereocenters. The molecule has 25 heavy (non-hydrogen) atoms. The second kappa shape index (κ2) is 8.60. The van der Waals surface area contributed by atoms with Gasteiger partial charge in [-0.05, 0) is 30.4 Å². The number of rotatable bonds is 6. The molecule has 0 heterocycles. The van der Waals surface area contributed by atoms with Crippen molar-refractivity contribution in [2.24, 2.45) is 5.10 Å². The zero-order valence-electron chi connectivity index (χ0n) is 13.6. The minimum Gasteiger partial charge on any atom is -0.493 e. The number of ether oxygens (including phenoxy) is 2. The van der Waals surface area contributed by atoms with E-state index in [1.54, 1.807) is 43.5 Å². The lowest BCUT2D eigenvalue weighted by molar-refractivity contribution is -0.383. The molecule has 130 valence electrons. The van der Waals surface area contributed by atoms with Crippen molar-refractivity contribution in [2.45, 2.75) is 0 Å². The fourth-order valence-corrected chi connectivity index (χ4v) is 2.23. The van der Waals surface area contributed by atoms with E-state index < -0.39 is 4.92 Å². The van der Waals surface area contributed by atoms with Crippen molar-refractivity contribution >= 4 is 34.9 Å². The predicted octanol–water partition coefficient (Wildman–Crippen LogP) is 2.93. The zero-order chi connectivity index (χ0) is 18.2. The van der Waals surface area contributed by atoms with Crippen LogP contribution in [0.3, 0.4) is 0 Å². The van der Waals surface area contributed by atoms with Crippen LogP contribution < -0.4 is 20.2 Å². The standard InChI is InChI=1S/C16H16N4O4S/c1-23-14-9-5-6-11(15(14)24-2)10-17-19-16(25)18-12-7-3-4-8-13(12)20(21)22/h3-10H,1-2H3,(H2,18,19,25)/b17-10-. The monoisotopic (exact) mass is 360 g/mol. The molecule has 2 aromatic rings. The summed E-state index contributed by atoms with van der Waals surface area (Å²) in [7, 11) is 3.08. The number of nitro groups is 1. The number of benzene rings is 2. The normalized spacial score (nSPS) is 10.3. The van der Waals surface area contributed by atoms with Gasteiger partial charge in [0, 0.05) is 11.6 Å². The van der Waals surface area contributed by atoms with Gasteiger partial charge >= 0.3 is 0 Å². The van der Waals surface area contributed by atoms with Gasteiger partial charge in [-0.3, -0.25) is 15.5 Å². The fourth-order valence-electron chi connectivity index (χ4n) is 2.06. The predicted molar refractivity (Wildman–Crippen MR) is 99.6 cm³/mol. The van der Waals surface area contributed by atoms with Crippen LogP contribution in [0.1, 0.15) is 5.56 Å². The van der Waals surface area contributed by atoms with Gasteiger partial charge in [-0.1, -0.05) is 18.2 Å². The van der Waals surface area contributed by atoms with Crippen molar-refractivity contribution in [2.75, 3.05) is 19.5 Å². The largest absolute Gasteiger partial charge is 0.493 e. The maximum atomic E-state index is 11.0. The number of nitrogens with zero attached hydrogens (tertiary/aromatic N) is 2. The summed E-state index contributed by atoms with van der Waals surface area (Å²) in [5.74, 6) is 1.11. The number of hydrogen-bond acceptors (Lipinski definition) is 6. The number of nitro benzene ring substituents is 1. The third-order valence-electron chi connectivity index (χ3n) is 3.15. The molecule has 0 saturated carbocycles. The topological polar surface area (TPSA) is 98.0 Å². The van der Waals surface area contributed by atoms with Crippen molar-refractivity contribution < 1.29 is 14.4 Å². The minimum atomic E-state index is -0.491. The molecule has 0 aliphatic carbocycles.